The molecule has 3 nitrogen and oxygen atoms in total. The average molecular weight is 472 g/mol. The first-order valence-electron chi connectivity index (χ1n) is 10.9. The van der Waals surface area contributed by atoms with Crippen molar-refractivity contribution in [1.82, 2.24) is 0 Å². The van der Waals surface area contributed by atoms with Gasteiger partial charge in [-0.2, -0.15) is 0 Å². The Kier molecular flexibility index (Phi) is 4.79. The number of nitrogens with zero attached hydrogens (tertiary/aromatic N) is 1. The van der Waals surface area contributed by atoms with Crippen LogP contribution in [-0.2, 0) is 9.59 Å². The molecule has 162 valence electrons. The number of hydrogen-bond acceptors (Lipinski definition) is 2. The fraction of sp³-hybridized carbons (Fsp3) is 0.143. The Morgan fingerprint density at radius 1 is 0.667 bits per heavy atom. The first kappa shape index (κ1) is 20.5. The highest BCUT2D eigenvalue weighted by molar-refractivity contribution is 6.42. The van der Waals surface area contributed by atoms with Crippen LogP contribution in [0.25, 0.3) is 5.57 Å². The fourth-order valence-electron chi connectivity index (χ4n) is 5.68. The number of fused-ring (bicyclic) bond motifs is 5. The lowest BCUT2D eigenvalue weighted by Crippen LogP contribution is -2.33. The number of imide groups is 1. The van der Waals surface area contributed by atoms with Gasteiger partial charge in [0.2, 0.25) is 11.8 Å². The first-order valence-corrected chi connectivity index (χ1v) is 11.7. The third-order valence-corrected chi connectivity index (χ3v) is 7.73. The van der Waals surface area contributed by atoms with E-state index < -0.39 is 11.8 Å². The molecule has 3 aromatic rings. The second-order valence-corrected chi connectivity index (χ2v) is 9.48. The molecule has 1 saturated heterocycles. The molecule has 0 spiro atoms. The quantitative estimate of drug-likeness (QED) is 0.326. The monoisotopic (exact) mass is 471 g/mol. The summed E-state index contributed by atoms with van der Waals surface area (Å²) in [4.78, 5) is 28.5. The summed E-state index contributed by atoms with van der Waals surface area (Å²) in [6, 6.07) is 25.3. The van der Waals surface area contributed by atoms with Gasteiger partial charge in [-0.1, -0.05) is 96.0 Å². The number of anilines is 1. The second kappa shape index (κ2) is 7.72. The van der Waals surface area contributed by atoms with Gasteiger partial charge in [-0.05, 0) is 40.5 Å². The molecule has 2 fully saturated rings. The van der Waals surface area contributed by atoms with Gasteiger partial charge in [0.25, 0.3) is 0 Å². The van der Waals surface area contributed by atoms with E-state index in [2.05, 4.69) is 36.4 Å². The van der Waals surface area contributed by atoms with E-state index in [1.807, 2.05) is 36.4 Å². The van der Waals surface area contributed by atoms with Gasteiger partial charge in [0.15, 0.2) is 0 Å². The van der Waals surface area contributed by atoms with Crippen LogP contribution in [0.2, 0.25) is 10.0 Å². The minimum Gasteiger partial charge on any atom is -0.274 e. The number of hydrogen-bond donors (Lipinski definition) is 0. The number of halogens is 2. The highest BCUT2D eigenvalue weighted by atomic mass is 35.5. The summed E-state index contributed by atoms with van der Waals surface area (Å²) in [5.74, 6) is -1.37. The molecule has 4 unspecified atom stereocenters. The normalized spacial score (nSPS) is 25.2. The molecule has 1 saturated carbocycles. The Morgan fingerprint density at radius 2 is 1.18 bits per heavy atom. The van der Waals surface area contributed by atoms with Crippen molar-refractivity contribution in [2.45, 2.75) is 0 Å². The predicted octanol–water partition coefficient (Wildman–Crippen LogP) is 6.42. The van der Waals surface area contributed by atoms with E-state index in [4.69, 9.17) is 23.2 Å². The zero-order chi connectivity index (χ0) is 22.7. The van der Waals surface area contributed by atoms with Crippen molar-refractivity contribution in [3.63, 3.8) is 0 Å². The Balaban J connectivity index is 1.48. The first-order chi connectivity index (χ1) is 16.1. The molecule has 0 radical (unpaired) electrons. The Morgan fingerprint density at radius 3 is 1.67 bits per heavy atom. The lowest BCUT2D eigenvalue weighted by molar-refractivity contribution is -0.122. The summed E-state index contributed by atoms with van der Waals surface area (Å²) in [6.07, 6.45) is 4.22. The zero-order valence-electron chi connectivity index (χ0n) is 17.5. The van der Waals surface area contributed by atoms with E-state index in [1.165, 1.54) is 4.90 Å². The molecule has 3 aromatic carbocycles. The molecular weight excluding hydrogens is 453 g/mol. The van der Waals surface area contributed by atoms with E-state index in [0.29, 0.717) is 15.7 Å². The smallest absolute Gasteiger partial charge is 0.238 e. The number of amides is 2. The van der Waals surface area contributed by atoms with Crippen LogP contribution in [0.4, 0.5) is 5.69 Å². The van der Waals surface area contributed by atoms with Crippen LogP contribution >= 0.6 is 23.2 Å². The Hall–Kier alpha value is -3.14. The number of carbonyl (C=O) groups is 2. The third kappa shape index (κ3) is 3.03. The van der Waals surface area contributed by atoms with Gasteiger partial charge < -0.3 is 0 Å². The van der Waals surface area contributed by atoms with Crippen molar-refractivity contribution in [2.75, 3.05) is 4.90 Å². The van der Waals surface area contributed by atoms with Gasteiger partial charge in [0, 0.05) is 11.8 Å². The summed E-state index contributed by atoms with van der Waals surface area (Å²) < 4.78 is 0. The lowest BCUT2D eigenvalue weighted by Gasteiger charge is -2.22. The summed E-state index contributed by atoms with van der Waals surface area (Å²) in [7, 11) is 0. The third-order valence-electron chi connectivity index (χ3n) is 6.99. The topological polar surface area (TPSA) is 37.4 Å². The highest BCUT2D eigenvalue weighted by Gasteiger charge is 2.62. The summed E-state index contributed by atoms with van der Waals surface area (Å²) in [5, 5.41) is 0.714. The largest absolute Gasteiger partial charge is 0.274 e. The van der Waals surface area contributed by atoms with Gasteiger partial charge in [-0.15, -0.1) is 0 Å². The van der Waals surface area contributed by atoms with Crippen LogP contribution in [0.15, 0.2) is 96.6 Å². The van der Waals surface area contributed by atoms with Crippen molar-refractivity contribution < 1.29 is 9.59 Å². The molecule has 2 bridgehead atoms. The molecule has 2 amide bonds. The van der Waals surface area contributed by atoms with Gasteiger partial charge in [-0.3, -0.25) is 9.59 Å². The lowest BCUT2D eigenvalue weighted by atomic mass is 9.85. The Labute approximate surface area is 201 Å². The van der Waals surface area contributed by atoms with Crippen LogP contribution < -0.4 is 4.90 Å². The molecule has 3 aliphatic rings. The van der Waals surface area contributed by atoms with Gasteiger partial charge >= 0.3 is 0 Å². The van der Waals surface area contributed by atoms with Crippen LogP contribution in [0, 0.1) is 23.7 Å². The summed E-state index contributed by atoms with van der Waals surface area (Å²) in [6.45, 7) is 0. The van der Waals surface area contributed by atoms with Crippen molar-refractivity contribution in [3.05, 3.63) is 118 Å². The molecule has 5 heteroatoms. The van der Waals surface area contributed by atoms with Gasteiger partial charge in [-0.25, -0.2) is 4.90 Å². The number of rotatable bonds is 3. The molecule has 1 aliphatic heterocycles. The van der Waals surface area contributed by atoms with Crippen molar-refractivity contribution in [1.29, 1.82) is 0 Å². The fourth-order valence-corrected chi connectivity index (χ4v) is 5.98. The molecule has 33 heavy (non-hydrogen) atoms. The van der Waals surface area contributed by atoms with E-state index in [-0.39, 0.29) is 23.7 Å². The zero-order valence-corrected chi connectivity index (χ0v) is 19.0. The highest BCUT2D eigenvalue weighted by Crippen LogP contribution is 2.59. The van der Waals surface area contributed by atoms with E-state index in [1.54, 1.807) is 18.2 Å². The Bertz CT molecular complexity index is 1270. The minimum atomic E-state index is -0.403. The SMILES string of the molecule is O=C1C2C3C=CC(C3=C(c3ccccc3)c3ccccc3)C2C(=O)N1c1ccc(Cl)c(Cl)c1. The molecule has 1 heterocycles. The summed E-state index contributed by atoms with van der Waals surface area (Å²) >= 11 is 12.2. The molecule has 0 aromatic heterocycles. The van der Waals surface area contributed by atoms with Crippen LogP contribution in [-0.4, -0.2) is 11.8 Å². The molecule has 0 N–H and O–H groups in total. The molecule has 4 atom stereocenters. The average Bonchev–Trinajstić information content (AvgIpc) is 3.47. The van der Waals surface area contributed by atoms with Crippen LogP contribution in [0.5, 0.6) is 0 Å². The second-order valence-electron chi connectivity index (χ2n) is 8.66. The van der Waals surface area contributed by atoms with Gasteiger partial charge in [0.05, 0.1) is 27.6 Å². The van der Waals surface area contributed by atoms with Crippen LogP contribution in [0.1, 0.15) is 11.1 Å². The van der Waals surface area contributed by atoms with Crippen molar-refractivity contribution in [3.8, 4) is 0 Å². The van der Waals surface area contributed by atoms with Crippen molar-refractivity contribution in [2.24, 2.45) is 23.7 Å². The van der Waals surface area contributed by atoms with E-state index in [9.17, 15) is 9.59 Å². The molecule has 6 rings (SSSR count). The summed E-state index contributed by atoms with van der Waals surface area (Å²) in [5.41, 5.74) is 4.95. The maximum Gasteiger partial charge on any atom is 0.238 e. The van der Waals surface area contributed by atoms with Crippen LogP contribution in [0.3, 0.4) is 0 Å². The molecule has 2 aliphatic carbocycles. The maximum absolute atomic E-state index is 13.6. The number of benzene rings is 3. The predicted molar refractivity (Wildman–Crippen MR) is 131 cm³/mol. The van der Waals surface area contributed by atoms with Crippen molar-refractivity contribution >= 4 is 46.3 Å². The number of allylic oxidation sites excluding steroid dienone is 3. The molecular formula is C28H19Cl2NO2. The standard InChI is InChI=1S/C28H19Cl2NO2/c29-21-14-11-18(15-22(21)30)31-27(32)25-19-12-13-20(26(25)28(31)33)24(19)23(16-7-3-1-4-8-16)17-9-5-2-6-10-17/h1-15,19-20,25-26H. The van der Waals surface area contributed by atoms with E-state index in [0.717, 1.165) is 22.3 Å². The minimum absolute atomic E-state index is 0.111. The number of carbonyl (C=O) groups excluding carboxylic acids is 2. The maximum atomic E-state index is 13.6. The van der Waals surface area contributed by atoms with Gasteiger partial charge in [0.1, 0.15) is 0 Å². The van der Waals surface area contributed by atoms with E-state index >= 15 is 0 Å².